The average Bonchev–Trinajstić information content (AvgIpc) is 2.81. The lowest BCUT2D eigenvalue weighted by atomic mass is 9.91. The molecule has 1 aliphatic rings. The highest BCUT2D eigenvalue weighted by Gasteiger charge is 2.24. The van der Waals surface area contributed by atoms with Crippen molar-refractivity contribution < 1.29 is 14.3 Å². The number of benzene rings is 2. The number of esters is 1. The second kappa shape index (κ2) is 10.4. The Balaban J connectivity index is 2.04. The summed E-state index contributed by atoms with van der Waals surface area (Å²) in [5, 5.41) is 9.43. The number of fused-ring (bicyclic) bond motifs is 1. The summed E-state index contributed by atoms with van der Waals surface area (Å²) < 4.78 is 4.92. The Hall–Kier alpha value is -3.87. The van der Waals surface area contributed by atoms with E-state index in [4.69, 9.17) is 10.5 Å². The zero-order chi connectivity index (χ0) is 23.1. The van der Waals surface area contributed by atoms with E-state index < -0.39 is 0 Å². The predicted octanol–water partition coefficient (Wildman–Crippen LogP) is 3.96. The number of aldehydes is 1. The largest absolute Gasteiger partial charge is 0.463 e. The molecule has 0 unspecified atom stereocenters. The van der Waals surface area contributed by atoms with Crippen LogP contribution in [0.2, 0.25) is 0 Å². The van der Waals surface area contributed by atoms with E-state index in [9.17, 15) is 9.59 Å². The molecular formula is C25H28N4O3. The summed E-state index contributed by atoms with van der Waals surface area (Å²) in [6, 6.07) is 13.7. The highest BCUT2D eigenvalue weighted by Crippen LogP contribution is 2.36. The topological polar surface area (TPSA) is 97.0 Å². The lowest BCUT2D eigenvalue weighted by molar-refractivity contribution is -0.137. The molecule has 0 saturated carbocycles. The molecule has 0 spiro atoms. The molecule has 3 rings (SSSR count). The number of aryl methyl sites for hydroxylation is 1. The van der Waals surface area contributed by atoms with Crippen LogP contribution in [0, 0.1) is 0 Å². The van der Waals surface area contributed by atoms with Crippen LogP contribution in [0.15, 0.2) is 59.3 Å². The zero-order valence-corrected chi connectivity index (χ0v) is 18.6. The number of hydrogen-bond acceptors (Lipinski definition) is 7. The molecule has 0 amide bonds. The number of rotatable bonds is 8. The van der Waals surface area contributed by atoms with Crippen molar-refractivity contribution >= 4 is 41.1 Å². The summed E-state index contributed by atoms with van der Waals surface area (Å²) in [4.78, 5) is 22.9. The lowest BCUT2D eigenvalue weighted by Gasteiger charge is -2.30. The van der Waals surface area contributed by atoms with Gasteiger partial charge in [-0.15, -0.1) is 0 Å². The summed E-state index contributed by atoms with van der Waals surface area (Å²) in [7, 11) is 1.87. The molecule has 7 nitrogen and oxygen atoms in total. The van der Waals surface area contributed by atoms with Crippen LogP contribution >= 0.6 is 0 Å². The van der Waals surface area contributed by atoms with Crippen molar-refractivity contribution in [3.05, 3.63) is 70.9 Å². The van der Waals surface area contributed by atoms with Gasteiger partial charge < -0.3 is 15.8 Å². The van der Waals surface area contributed by atoms with Gasteiger partial charge in [0.15, 0.2) is 6.29 Å². The predicted molar refractivity (Wildman–Crippen MR) is 129 cm³/mol. The molecule has 0 atom stereocenters. The minimum absolute atomic E-state index is 0.327. The lowest BCUT2D eigenvalue weighted by Crippen LogP contribution is -2.25. The maximum absolute atomic E-state index is 11.6. The van der Waals surface area contributed by atoms with E-state index in [0.717, 1.165) is 34.6 Å². The standard InChI is InChI=1S/C25H28N4O3/c1-4-32-24(31)14-7-18-5-11-21(12-6-18)29(28-17(2)16-30)25-22-15-20(27-3)10-8-19(22)9-13-23(25)26/h5-8,10-12,14-16,27H,4,9,13,26H2,1-3H3/b14-7+,28-17+. The molecule has 0 fully saturated rings. The average molecular weight is 433 g/mol. The smallest absolute Gasteiger partial charge is 0.330 e. The van der Waals surface area contributed by atoms with Crippen molar-refractivity contribution in [2.45, 2.75) is 26.7 Å². The van der Waals surface area contributed by atoms with Gasteiger partial charge in [0.2, 0.25) is 0 Å². The molecule has 7 heteroatoms. The summed E-state index contributed by atoms with van der Waals surface area (Å²) >= 11 is 0. The number of allylic oxidation sites excluding steroid dienone is 1. The number of nitrogens with two attached hydrogens (primary N) is 1. The van der Waals surface area contributed by atoms with Crippen LogP contribution < -0.4 is 16.1 Å². The monoisotopic (exact) mass is 432 g/mol. The number of hydrazone groups is 1. The number of nitrogens with one attached hydrogen (secondary N) is 1. The Morgan fingerprint density at radius 1 is 1.22 bits per heavy atom. The minimum Gasteiger partial charge on any atom is -0.463 e. The third-order valence-electron chi connectivity index (χ3n) is 5.10. The van der Waals surface area contributed by atoms with Crippen LogP contribution in [0.5, 0.6) is 0 Å². The summed E-state index contributed by atoms with van der Waals surface area (Å²) in [6.45, 7) is 3.75. The van der Waals surface area contributed by atoms with Crippen molar-refractivity contribution in [1.29, 1.82) is 0 Å². The Kier molecular flexibility index (Phi) is 7.44. The summed E-state index contributed by atoms with van der Waals surface area (Å²) in [5.74, 6) is -0.388. The fourth-order valence-corrected chi connectivity index (χ4v) is 3.48. The molecule has 2 aromatic rings. The van der Waals surface area contributed by atoms with Crippen LogP contribution in [0.1, 0.15) is 37.0 Å². The van der Waals surface area contributed by atoms with E-state index >= 15 is 0 Å². The Morgan fingerprint density at radius 3 is 2.62 bits per heavy atom. The van der Waals surface area contributed by atoms with Gasteiger partial charge in [0.1, 0.15) is 0 Å². The van der Waals surface area contributed by atoms with E-state index in [1.54, 1.807) is 24.9 Å². The van der Waals surface area contributed by atoms with Gasteiger partial charge in [0.05, 0.1) is 23.7 Å². The van der Waals surface area contributed by atoms with Crippen molar-refractivity contribution in [2.75, 3.05) is 24.0 Å². The second-order valence-corrected chi connectivity index (χ2v) is 7.34. The zero-order valence-electron chi connectivity index (χ0n) is 18.6. The third kappa shape index (κ3) is 5.24. The molecule has 0 aliphatic heterocycles. The van der Waals surface area contributed by atoms with E-state index in [-0.39, 0.29) is 5.97 Å². The fraction of sp³-hybridized carbons (Fsp3) is 0.240. The molecular weight excluding hydrogens is 404 g/mol. The van der Waals surface area contributed by atoms with Gasteiger partial charge in [-0.05, 0) is 68.2 Å². The van der Waals surface area contributed by atoms with E-state index in [1.165, 1.54) is 11.6 Å². The van der Waals surface area contributed by atoms with Crippen molar-refractivity contribution in [2.24, 2.45) is 10.8 Å². The first-order valence-electron chi connectivity index (χ1n) is 10.5. The quantitative estimate of drug-likeness (QED) is 0.215. The highest BCUT2D eigenvalue weighted by atomic mass is 16.5. The van der Waals surface area contributed by atoms with Gasteiger partial charge in [-0.2, -0.15) is 5.10 Å². The molecule has 0 bridgehead atoms. The molecule has 2 aromatic carbocycles. The number of ether oxygens (including phenoxy) is 1. The number of nitrogens with zero attached hydrogens (tertiary/aromatic N) is 2. The van der Waals surface area contributed by atoms with Crippen molar-refractivity contribution in [3.8, 4) is 0 Å². The molecule has 0 aromatic heterocycles. The Labute approximate surface area is 188 Å². The first-order valence-corrected chi connectivity index (χ1v) is 10.5. The first-order chi connectivity index (χ1) is 15.5. The van der Waals surface area contributed by atoms with Gasteiger partial charge in [-0.25, -0.2) is 9.80 Å². The molecule has 3 N–H and O–H groups in total. The molecule has 1 aliphatic carbocycles. The number of hydrogen-bond donors (Lipinski definition) is 2. The van der Waals surface area contributed by atoms with Gasteiger partial charge in [0, 0.05) is 30.1 Å². The van der Waals surface area contributed by atoms with Gasteiger partial charge in [-0.3, -0.25) is 4.79 Å². The highest BCUT2D eigenvalue weighted by molar-refractivity contribution is 6.27. The van der Waals surface area contributed by atoms with Gasteiger partial charge in [-0.1, -0.05) is 18.2 Å². The van der Waals surface area contributed by atoms with Crippen molar-refractivity contribution in [3.63, 3.8) is 0 Å². The van der Waals surface area contributed by atoms with Gasteiger partial charge in [0.25, 0.3) is 0 Å². The Morgan fingerprint density at radius 2 is 1.97 bits per heavy atom. The third-order valence-corrected chi connectivity index (χ3v) is 5.10. The molecule has 0 saturated heterocycles. The Bertz CT molecular complexity index is 1080. The molecule has 32 heavy (non-hydrogen) atoms. The summed E-state index contributed by atoms with van der Waals surface area (Å²) in [5.41, 5.74) is 13.0. The maximum atomic E-state index is 11.6. The fourth-order valence-electron chi connectivity index (χ4n) is 3.48. The minimum atomic E-state index is -0.388. The van der Waals surface area contributed by atoms with Gasteiger partial charge >= 0.3 is 5.97 Å². The number of carbonyl (C=O) groups excluding carboxylic acids is 2. The maximum Gasteiger partial charge on any atom is 0.330 e. The molecule has 0 heterocycles. The van der Waals surface area contributed by atoms with Crippen LogP contribution in [-0.4, -0.2) is 31.6 Å². The SMILES string of the molecule is CCOC(=O)/C=C/c1ccc(N(/N=C(\C)C=O)C2=C(N)CCc3ccc(NC)cc32)cc1. The normalized spacial score (nSPS) is 13.7. The van der Waals surface area contributed by atoms with Crippen molar-refractivity contribution in [1.82, 2.24) is 0 Å². The molecule has 166 valence electrons. The number of anilines is 2. The first kappa shape index (κ1) is 22.8. The van der Waals surface area contributed by atoms with Crippen LogP contribution in [0.25, 0.3) is 11.8 Å². The van der Waals surface area contributed by atoms with E-state index in [1.807, 2.05) is 43.4 Å². The summed E-state index contributed by atoms with van der Waals surface area (Å²) in [6.07, 6.45) is 5.34. The molecule has 0 radical (unpaired) electrons. The van der Waals surface area contributed by atoms with E-state index in [2.05, 4.69) is 16.5 Å². The number of carbonyl (C=O) groups is 2. The van der Waals surface area contributed by atoms with Crippen LogP contribution in [-0.2, 0) is 20.7 Å². The van der Waals surface area contributed by atoms with Crippen LogP contribution in [0.3, 0.4) is 0 Å². The second-order valence-electron chi connectivity index (χ2n) is 7.34. The van der Waals surface area contributed by atoms with E-state index in [0.29, 0.717) is 30.7 Å². The van der Waals surface area contributed by atoms with Crippen LogP contribution in [0.4, 0.5) is 11.4 Å².